The molecule has 2 aliphatic heterocycles. The summed E-state index contributed by atoms with van der Waals surface area (Å²) >= 11 is 1.69. The molecule has 0 amide bonds. The fourth-order valence-corrected chi connectivity index (χ4v) is 3.73. The third-order valence-corrected chi connectivity index (χ3v) is 4.64. The molecule has 0 radical (unpaired) electrons. The minimum Gasteiger partial charge on any atom is -0.381 e. The van der Waals surface area contributed by atoms with Gasteiger partial charge < -0.3 is 4.74 Å². The quantitative estimate of drug-likeness (QED) is 0.808. The number of fused-ring (bicyclic) bond motifs is 2. The van der Waals surface area contributed by atoms with Gasteiger partial charge in [-0.2, -0.15) is 0 Å². The lowest BCUT2D eigenvalue weighted by Gasteiger charge is -2.37. The van der Waals surface area contributed by atoms with Gasteiger partial charge in [0.05, 0.1) is 17.3 Å². The lowest BCUT2D eigenvalue weighted by atomic mass is 9.99. The molecule has 1 aromatic heterocycles. The zero-order valence-corrected chi connectivity index (χ0v) is 10.4. The Morgan fingerprint density at radius 2 is 2.19 bits per heavy atom. The van der Waals surface area contributed by atoms with Gasteiger partial charge in [-0.15, -0.1) is 11.3 Å². The fourth-order valence-electron chi connectivity index (χ4n) is 3.18. The normalized spacial score (nSPS) is 34.4. The first kappa shape index (κ1) is 10.7. The first-order chi connectivity index (χ1) is 7.86. The van der Waals surface area contributed by atoms with Crippen molar-refractivity contribution in [2.75, 3.05) is 7.11 Å². The Balaban J connectivity index is 1.69. The van der Waals surface area contributed by atoms with Gasteiger partial charge in [0.15, 0.2) is 0 Å². The highest BCUT2D eigenvalue weighted by Crippen LogP contribution is 2.37. The number of hydrogen-bond donors (Lipinski definition) is 0. The van der Waals surface area contributed by atoms with Crippen molar-refractivity contribution in [1.82, 2.24) is 9.88 Å². The van der Waals surface area contributed by atoms with Crippen molar-refractivity contribution in [1.29, 1.82) is 0 Å². The van der Waals surface area contributed by atoms with E-state index in [0.717, 1.165) is 18.6 Å². The van der Waals surface area contributed by atoms with Crippen LogP contribution in [-0.2, 0) is 11.3 Å². The molecule has 0 N–H and O–H groups in total. The molecule has 88 valence electrons. The monoisotopic (exact) mass is 238 g/mol. The molecule has 3 heterocycles. The van der Waals surface area contributed by atoms with Crippen LogP contribution in [0.4, 0.5) is 0 Å². The molecular weight excluding hydrogens is 220 g/mol. The van der Waals surface area contributed by atoms with Gasteiger partial charge in [-0.3, -0.25) is 4.90 Å². The molecule has 2 aliphatic rings. The summed E-state index contributed by atoms with van der Waals surface area (Å²) in [7, 11) is 1.85. The number of hydrogen-bond acceptors (Lipinski definition) is 4. The third-order valence-electron chi connectivity index (χ3n) is 4.00. The van der Waals surface area contributed by atoms with E-state index < -0.39 is 0 Å². The molecule has 0 saturated carbocycles. The molecule has 3 nitrogen and oxygen atoms in total. The van der Waals surface area contributed by atoms with E-state index in [2.05, 4.69) is 15.3 Å². The largest absolute Gasteiger partial charge is 0.381 e. The molecule has 2 saturated heterocycles. The van der Waals surface area contributed by atoms with E-state index in [1.165, 1.54) is 31.4 Å². The summed E-state index contributed by atoms with van der Waals surface area (Å²) in [5.41, 5.74) is 3.16. The number of aromatic nitrogens is 1. The van der Waals surface area contributed by atoms with Crippen LogP contribution < -0.4 is 0 Å². The molecule has 16 heavy (non-hydrogen) atoms. The molecule has 2 atom stereocenters. The van der Waals surface area contributed by atoms with E-state index in [-0.39, 0.29) is 0 Å². The molecule has 2 bridgehead atoms. The summed E-state index contributed by atoms with van der Waals surface area (Å²) < 4.78 is 5.52. The molecule has 0 aliphatic carbocycles. The van der Waals surface area contributed by atoms with Crippen LogP contribution in [0.25, 0.3) is 0 Å². The molecular formula is C12H18N2OS. The molecule has 2 unspecified atom stereocenters. The lowest BCUT2D eigenvalue weighted by molar-refractivity contribution is 0.00212. The minimum absolute atomic E-state index is 0.490. The SMILES string of the molecule is COC1CC2CCC(C1)N2Cc1cscn1. The highest BCUT2D eigenvalue weighted by Gasteiger charge is 2.40. The molecule has 2 fully saturated rings. The van der Waals surface area contributed by atoms with Crippen molar-refractivity contribution in [3.8, 4) is 0 Å². The first-order valence-electron chi connectivity index (χ1n) is 6.02. The molecule has 1 aromatic rings. The van der Waals surface area contributed by atoms with Crippen LogP contribution in [0.3, 0.4) is 0 Å². The number of piperidine rings is 1. The van der Waals surface area contributed by atoms with Crippen molar-refractivity contribution in [2.24, 2.45) is 0 Å². The van der Waals surface area contributed by atoms with Crippen LogP contribution in [0.1, 0.15) is 31.4 Å². The van der Waals surface area contributed by atoms with Crippen LogP contribution in [0.2, 0.25) is 0 Å². The number of ether oxygens (including phenoxy) is 1. The number of nitrogens with zero attached hydrogens (tertiary/aromatic N) is 2. The van der Waals surface area contributed by atoms with Crippen molar-refractivity contribution in [3.63, 3.8) is 0 Å². The van der Waals surface area contributed by atoms with Crippen LogP contribution in [0.5, 0.6) is 0 Å². The van der Waals surface area contributed by atoms with E-state index in [1.54, 1.807) is 11.3 Å². The zero-order chi connectivity index (χ0) is 11.0. The van der Waals surface area contributed by atoms with E-state index in [9.17, 15) is 0 Å². The Labute approximate surface area is 100 Å². The predicted octanol–water partition coefficient (Wildman–Crippen LogP) is 2.28. The fraction of sp³-hybridized carbons (Fsp3) is 0.750. The molecule has 4 heteroatoms. The Kier molecular flexibility index (Phi) is 2.96. The first-order valence-corrected chi connectivity index (χ1v) is 6.96. The second-order valence-electron chi connectivity index (χ2n) is 4.87. The number of methoxy groups -OCH3 is 1. The van der Waals surface area contributed by atoms with Gasteiger partial charge in [0, 0.05) is 31.1 Å². The second kappa shape index (κ2) is 4.43. The van der Waals surface area contributed by atoms with Crippen LogP contribution in [0, 0.1) is 0 Å². The zero-order valence-electron chi connectivity index (χ0n) is 9.63. The Morgan fingerprint density at radius 1 is 1.44 bits per heavy atom. The maximum Gasteiger partial charge on any atom is 0.0795 e. The maximum absolute atomic E-state index is 5.52. The van der Waals surface area contributed by atoms with Gasteiger partial charge in [-0.1, -0.05) is 0 Å². The smallest absolute Gasteiger partial charge is 0.0795 e. The van der Waals surface area contributed by atoms with Gasteiger partial charge >= 0.3 is 0 Å². The highest BCUT2D eigenvalue weighted by atomic mass is 32.1. The number of thiazole rings is 1. The predicted molar refractivity (Wildman–Crippen MR) is 64.5 cm³/mol. The van der Waals surface area contributed by atoms with Crippen LogP contribution in [0.15, 0.2) is 10.9 Å². The standard InChI is InChI=1S/C12H18N2OS/c1-15-12-4-10-2-3-11(5-12)14(10)6-9-7-16-8-13-9/h7-8,10-12H,2-6H2,1H3. The lowest BCUT2D eigenvalue weighted by Crippen LogP contribution is -2.44. The van der Waals surface area contributed by atoms with Gasteiger partial charge in [0.25, 0.3) is 0 Å². The second-order valence-corrected chi connectivity index (χ2v) is 5.58. The highest BCUT2D eigenvalue weighted by molar-refractivity contribution is 7.07. The summed E-state index contributed by atoms with van der Waals surface area (Å²) in [6.45, 7) is 1.04. The Hall–Kier alpha value is -0.450. The molecule has 3 rings (SSSR count). The van der Waals surface area contributed by atoms with Crippen molar-refractivity contribution < 1.29 is 4.74 Å². The number of rotatable bonds is 3. The summed E-state index contributed by atoms with van der Waals surface area (Å²) in [5.74, 6) is 0. The van der Waals surface area contributed by atoms with Gasteiger partial charge in [0.1, 0.15) is 0 Å². The minimum atomic E-state index is 0.490. The van der Waals surface area contributed by atoms with Gasteiger partial charge in [0.2, 0.25) is 0 Å². The molecule has 0 spiro atoms. The van der Waals surface area contributed by atoms with Crippen LogP contribution >= 0.6 is 11.3 Å². The maximum atomic E-state index is 5.52. The summed E-state index contributed by atoms with van der Waals surface area (Å²) in [6, 6.07) is 1.45. The van der Waals surface area contributed by atoms with Crippen LogP contribution in [-0.4, -0.2) is 35.2 Å². The van der Waals surface area contributed by atoms with E-state index in [4.69, 9.17) is 4.74 Å². The van der Waals surface area contributed by atoms with Gasteiger partial charge in [-0.25, -0.2) is 4.98 Å². The van der Waals surface area contributed by atoms with Gasteiger partial charge in [-0.05, 0) is 25.7 Å². The van der Waals surface area contributed by atoms with Crippen molar-refractivity contribution >= 4 is 11.3 Å². The summed E-state index contributed by atoms with van der Waals surface area (Å²) in [6.07, 6.45) is 5.58. The van der Waals surface area contributed by atoms with E-state index in [1.807, 2.05) is 12.6 Å². The average Bonchev–Trinajstić information content (AvgIpc) is 2.87. The van der Waals surface area contributed by atoms with E-state index >= 15 is 0 Å². The molecule has 0 aromatic carbocycles. The Morgan fingerprint density at radius 3 is 2.75 bits per heavy atom. The van der Waals surface area contributed by atoms with Crippen molar-refractivity contribution in [3.05, 3.63) is 16.6 Å². The summed E-state index contributed by atoms with van der Waals surface area (Å²) in [4.78, 5) is 7.04. The summed E-state index contributed by atoms with van der Waals surface area (Å²) in [5, 5.41) is 2.17. The third kappa shape index (κ3) is 1.90. The average molecular weight is 238 g/mol. The topological polar surface area (TPSA) is 25.4 Å². The van der Waals surface area contributed by atoms with Crippen molar-refractivity contribution in [2.45, 2.75) is 50.4 Å². The Bertz CT molecular complexity index is 327. The van der Waals surface area contributed by atoms with E-state index in [0.29, 0.717) is 6.10 Å².